The van der Waals surface area contributed by atoms with Gasteiger partial charge in [-0.2, -0.15) is 5.01 Å². The summed E-state index contributed by atoms with van der Waals surface area (Å²) >= 11 is 4.75. The number of thiazole rings is 1. The number of nitrogens with zero attached hydrogens (tertiary/aromatic N) is 6. The summed E-state index contributed by atoms with van der Waals surface area (Å²) in [5.41, 5.74) is 0.647. The Morgan fingerprint density at radius 2 is 1.68 bits per heavy atom. The van der Waals surface area contributed by atoms with E-state index in [1.165, 1.54) is 16.3 Å². The van der Waals surface area contributed by atoms with Crippen molar-refractivity contribution in [2.75, 3.05) is 39.9 Å². The first kappa shape index (κ1) is 60.4. The summed E-state index contributed by atoms with van der Waals surface area (Å²) in [4.78, 5) is 70.3. The first-order valence-electron chi connectivity index (χ1n) is 27.4. The van der Waals surface area contributed by atoms with E-state index in [-0.39, 0.29) is 45.7 Å². The molecule has 3 amide bonds. The number of hydrogen-bond acceptors (Lipinski definition) is 14. The number of aliphatic carboxylic acids is 1. The molecule has 8 rings (SSSR count). The molecular formula is C59H77BBrN7O11S. The maximum absolute atomic E-state index is 16.4. The molecule has 430 valence electrons. The minimum absolute atomic E-state index is 0.0116. The van der Waals surface area contributed by atoms with Gasteiger partial charge in [0.1, 0.15) is 34.0 Å². The molecule has 80 heavy (non-hydrogen) atoms. The van der Waals surface area contributed by atoms with Crippen LogP contribution in [0, 0.1) is 5.41 Å². The zero-order chi connectivity index (χ0) is 58.1. The fraction of sp³-hybridized carbons (Fsp3) is 0.525. The van der Waals surface area contributed by atoms with E-state index in [0.29, 0.717) is 62.5 Å². The largest absolute Gasteiger partial charge is 0.494 e. The molecule has 2 fully saturated rings. The molecule has 3 aliphatic heterocycles. The monoisotopic (exact) mass is 1180 g/mol. The Balaban J connectivity index is 1.27. The van der Waals surface area contributed by atoms with Crippen LogP contribution in [0.25, 0.3) is 22.2 Å². The van der Waals surface area contributed by atoms with E-state index in [2.05, 4.69) is 25.8 Å². The van der Waals surface area contributed by atoms with Gasteiger partial charge in [0.25, 0.3) is 5.91 Å². The zero-order valence-electron chi connectivity index (χ0n) is 48.4. The summed E-state index contributed by atoms with van der Waals surface area (Å²) < 4.78 is 40.1. The second-order valence-corrected chi connectivity index (χ2v) is 25.7. The van der Waals surface area contributed by atoms with Gasteiger partial charge in [0, 0.05) is 73.4 Å². The standard InChI is InChI=1S/C59H77BBrN7O11S/c1-14-66-43-24-23-40(60-78-57(9,10)58(11,12)79-60)32-42(43)45(48(66)41-22-18-28-62-46(41)37(2)74-13)59(52(70)71)27-19-29-67(68(59)36-55(3,4)5)51(69)47(64-53(72)77-56(6,7)8)49(50-63-44(61)35-80-50)75-33-39-25-30-65(31-26-39)54(73)76-34-38-20-16-15-17-21-38/h15-18,20-25,28,32,35,37,47,49H,14,19,26-27,29-31,33-34,36H2,1-13H3,(H,64,72)(H,70,71)/t37-,47-,49-,59?/m0/s1. The van der Waals surface area contributed by atoms with E-state index in [1.807, 2.05) is 129 Å². The highest BCUT2D eigenvalue weighted by molar-refractivity contribution is 9.10. The molecule has 2 aromatic carbocycles. The zero-order valence-corrected chi connectivity index (χ0v) is 50.8. The number of nitrogens with one attached hydrogen (secondary N) is 1. The maximum Gasteiger partial charge on any atom is 0.494 e. The van der Waals surface area contributed by atoms with Crippen molar-refractivity contribution in [3.05, 3.63) is 110 Å². The predicted molar refractivity (Wildman–Crippen MR) is 311 cm³/mol. The molecule has 0 saturated carbocycles. The molecule has 0 spiro atoms. The number of halogens is 1. The molecule has 3 aromatic heterocycles. The van der Waals surface area contributed by atoms with Crippen LogP contribution in [0.4, 0.5) is 9.59 Å². The minimum Gasteiger partial charge on any atom is -0.480 e. The number of hydrazine groups is 1. The molecule has 2 N–H and O–H groups in total. The number of ether oxygens (including phenoxy) is 4. The van der Waals surface area contributed by atoms with Crippen LogP contribution in [-0.4, -0.2) is 128 Å². The van der Waals surface area contributed by atoms with Gasteiger partial charge in [0.2, 0.25) is 0 Å². The van der Waals surface area contributed by atoms with E-state index in [9.17, 15) is 14.7 Å². The average Bonchev–Trinajstić information content (AvgIpc) is 4.08. The Kier molecular flexibility index (Phi) is 18.2. The quantitative estimate of drug-likeness (QED) is 0.0659. The van der Waals surface area contributed by atoms with Crippen LogP contribution in [0.15, 0.2) is 88.5 Å². The lowest BCUT2D eigenvalue weighted by molar-refractivity contribution is -0.200. The van der Waals surface area contributed by atoms with Crippen molar-refractivity contribution in [2.24, 2.45) is 5.41 Å². The second kappa shape index (κ2) is 24.0. The van der Waals surface area contributed by atoms with Crippen molar-refractivity contribution in [2.45, 2.75) is 156 Å². The van der Waals surface area contributed by atoms with Crippen LogP contribution in [0.2, 0.25) is 0 Å². The smallest absolute Gasteiger partial charge is 0.480 e. The number of rotatable bonds is 17. The highest BCUT2D eigenvalue weighted by atomic mass is 79.9. The number of amides is 3. The number of methoxy groups -OCH3 is 1. The number of carbonyl (C=O) groups is 4. The highest BCUT2D eigenvalue weighted by Crippen LogP contribution is 2.50. The van der Waals surface area contributed by atoms with Crippen LogP contribution < -0.4 is 10.8 Å². The van der Waals surface area contributed by atoms with Gasteiger partial charge < -0.3 is 48.1 Å². The predicted octanol–water partition coefficient (Wildman–Crippen LogP) is 10.7. The third-order valence-electron chi connectivity index (χ3n) is 15.2. The lowest BCUT2D eigenvalue weighted by Crippen LogP contribution is -2.68. The molecule has 5 aromatic rings. The Morgan fingerprint density at radius 1 is 0.963 bits per heavy atom. The summed E-state index contributed by atoms with van der Waals surface area (Å²) in [7, 11) is 0.830. The van der Waals surface area contributed by atoms with Crippen LogP contribution in [0.3, 0.4) is 0 Å². The number of fused-ring (bicyclic) bond motifs is 1. The normalized spacial score (nSPS) is 19.8. The summed E-state index contributed by atoms with van der Waals surface area (Å²) in [5.74, 6) is -1.82. The van der Waals surface area contributed by atoms with Gasteiger partial charge in [-0.25, -0.2) is 19.4 Å². The third-order valence-corrected chi connectivity index (χ3v) is 16.9. The lowest BCUT2D eigenvalue weighted by atomic mass is 9.75. The summed E-state index contributed by atoms with van der Waals surface area (Å²) in [6.07, 6.45) is 1.35. The molecule has 18 nitrogen and oxygen atoms in total. The third kappa shape index (κ3) is 12.8. The molecule has 21 heteroatoms. The van der Waals surface area contributed by atoms with Crippen molar-refractivity contribution in [3.8, 4) is 11.3 Å². The van der Waals surface area contributed by atoms with Crippen LogP contribution in [-0.2, 0) is 56.5 Å². The molecule has 1 unspecified atom stereocenters. The van der Waals surface area contributed by atoms with Crippen LogP contribution in [0.5, 0.6) is 0 Å². The summed E-state index contributed by atoms with van der Waals surface area (Å²) in [6, 6.07) is 17.7. The van der Waals surface area contributed by atoms with E-state index in [4.69, 9.17) is 38.2 Å². The van der Waals surface area contributed by atoms with E-state index >= 15 is 9.59 Å². The molecule has 2 saturated heterocycles. The first-order valence-corrected chi connectivity index (χ1v) is 29.0. The van der Waals surface area contributed by atoms with Crippen molar-refractivity contribution in [3.63, 3.8) is 0 Å². The number of pyridine rings is 1. The Bertz CT molecular complexity index is 3080. The number of carboxylic acids is 1. The minimum atomic E-state index is -1.95. The van der Waals surface area contributed by atoms with Crippen LogP contribution >= 0.6 is 27.3 Å². The molecule has 0 bridgehead atoms. The fourth-order valence-electron chi connectivity index (χ4n) is 10.6. The number of aryl methyl sites for hydroxylation is 1. The van der Waals surface area contributed by atoms with Gasteiger partial charge in [-0.05, 0) is 138 Å². The molecule has 4 atom stereocenters. The van der Waals surface area contributed by atoms with Crippen molar-refractivity contribution in [1.29, 1.82) is 0 Å². The van der Waals surface area contributed by atoms with Crippen molar-refractivity contribution < 1.29 is 52.5 Å². The van der Waals surface area contributed by atoms with Gasteiger partial charge in [-0.15, -0.1) is 11.3 Å². The van der Waals surface area contributed by atoms with E-state index < -0.39 is 77.2 Å². The summed E-state index contributed by atoms with van der Waals surface area (Å²) in [6.45, 7) is 24.4. The SMILES string of the molecule is CCn1c(-c2cccnc2[C@H](C)OC)c(C2(C(=O)O)CCCN(C(=O)[C@@H](NC(=O)OC(C)(C)C)[C@H](OCC3=CCN(C(=O)OCc4ccccc4)CC3)c3nc(Br)cs3)N2CC(C)(C)C)c2cc(B3OC(C)(C)C(C)(C)O3)ccc21. The number of hydrogen-bond donors (Lipinski definition) is 2. The Labute approximate surface area is 482 Å². The first-order chi connectivity index (χ1) is 37.7. The topological polar surface area (TPSA) is 196 Å². The number of carboxylic acid groups (broad SMARTS) is 1. The van der Waals surface area contributed by atoms with E-state index in [0.717, 1.165) is 16.7 Å². The number of alkyl carbamates (subject to hydrolysis) is 1. The van der Waals surface area contributed by atoms with Crippen LogP contribution in [0.1, 0.15) is 136 Å². The number of benzene rings is 2. The van der Waals surface area contributed by atoms with Crippen molar-refractivity contribution in [1.82, 2.24) is 34.8 Å². The van der Waals surface area contributed by atoms with Gasteiger partial charge in [-0.1, -0.05) is 69.3 Å². The number of carbonyl (C=O) groups excluding carboxylic acids is 3. The molecule has 3 aliphatic rings. The van der Waals surface area contributed by atoms with Crippen molar-refractivity contribution >= 4 is 74.8 Å². The Hall–Kier alpha value is -5.68. The summed E-state index contributed by atoms with van der Waals surface area (Å²) in [5, 5.41) is 21.4. The average molecular weight is 1180 g/mol. The highest BCUT2D eigenvalue weighted by Gasteiger charge is 2.57. The molecule has 0 aliphatic carbocycles. The molecule has 6 heterocycles. The fourth-order valence-corrected chi connectivity index (χ4v) is 11.9. The number of aromatic nitrogens is 3. The van der Waals surface area contributed by atoms with Gasteiger partial charge in [-0.3, -0.25) is 14.8 Å². The lowest BCUT2D eigenvalue weighted by Gasteiger charge is -2.53. The Morgan fingerprint density at radius 3 is 2.27 bits per heavy atom. The molecular weight excluding hydrogens is 1110 g/mol. The van der Waals surface area contributed by atoms with Gasteiger partial charge in [0.05, 0.1) is 35.3 Å². The van der Waals surface area contributed by atoms with E-state index in [1.54, 1.807) is 49.4 Å². The second-order valence-electron chi connectivity index (χ2n) is 24.0. The van der Waals surface area contributed by atoms with Gasteiger partial charge >= 0.3 is 25.3 Å². The van der Waals surface area contributed by atoms with Gasteiger partial charge in [0.15, 0.2) is 5.54 Å². The molecule has 0 radical (unpaired) electrons. The maximum atomic E-state index is 16.4.